The van der Waals surface area contributed by atoms with Crippen molar-refractivity contribution in [2.24, 2.45) is 0 Å². The molecule has 10 heteroatoms. The summed E-state index contributed by atoms with van der Waals surface area (Å²) in [4.78, 5) is 20.7. The fourth-order valence-electron chi connectivity index (χ4n) is 3.40. The van der Waals surface area contributed by atoms with Crippen molar-refractivity contribution < 1.29 is 18.0 Å². The van der Waals surface area contributed by atoms with Crippen LogP contribution in [0.2, 0.25) is 0 Å². The van der Waals surface area contributed by atoms with E-state index in [0.29, 0.717) is 5.69 Å². The number of halogens is 3. The van der Waals surface area contributed by atoms with Gasteiger partial charge in [-0.15, -0.1) is 0 Å². The zero-order chi connectivity index (χ0) is 22.9. The maximum atomic E-state index is 12.3. The Morgan fingerprint density at radius 3 is 2.66 bits per heavy atom. The average molecular weight is 442 g/mol. The van der Waals surface area contributed by atoms with Crippen LogP contribution in [0, 0.1) is 0 Å². The van der Waals surface area contributed by atoms with E-state index in [9.17, 15) is 18.0 Å². The normalized spacial score (nSPS) is 11.8. The topological polar surface area (TPSA) is 76.2 Å². The summed E-state index contributed by atoms with van der Waals surface area (Å²) in [5, 5.41) is 4.20. The summed E-state index contributed by atoms with van der Waals surface area (Å²) < 4.78 is 40.8. The van der Waals surface area contributed by atoms with Gasteiger partial charge in [-0.1, -0.05) is 12.1 Å². The van der Waals surface area contributed by atoms with E-state index in [1.54, 1.807) is 35.9 Å². The predicted octanol–water partition coefficient (Wildman–Crippen LogP) is 5.13. The number of imidazole rings is 2. The summed E-state index contributed by atoms with van der Waals surface area (Å²) in [7, 11) is 0. The van der Waals surface area contributed by atoms with Crippen molar-refractivity contribution in [2.45, 2.75) is 26.1 Å². The van der Waals surface area contributed by atoms with Crippen LogP contribution in [-0.4, -0.2) is 37.7 Å². The fourth-order valence-corrected chi connectivity index (χ4v) is 3.40. The van der Waals surface area contributed by atoms with Crippen LogP contribution in [0.25, 0.3) is 28.3 Å². The van der Waals surface area contributed by atoms with E-state index >= 15 is 0 Å². The molecule has 0 atom stereocenters. The Morgan fingerprint density at radius 2 is 1.91 bits per heavy atom. The Balaban J connectivity index is 1.58. The molecule has 0 aliphatic rings. The predicted molar refractivity (Wildman–Crippen MR) is 115 cm³/mol. The number of fused-ring (bicyclic) bond motifs is 1. The van der Waals surface area contributed by atoms with Gasteiger partial charge in [0.05, 0.1) is 11.9 Å². The third-order valence-electron chi connectivity index (χ3n) is 4.86. The SMILES string of the molecule is CC(C)n1ccnc1-c1ccn2c(-c3cccc(NC(=O)NCC(F)(F)F)c3)cnc2c1. The maximum Gasteiger partial charge on any atom is 0.405 e. The Kier molecular flexibility index (Phi) is 5.60. The van der Waals surface area contributed by atoms with Gasteiger partial charge in [0.1, 0.15) is 18.0 Å². The van der Waals surface area contributed by atoms with Gasteiger partial charge in [0.2, 0.25) is 0 Å². The van der Waals surface area contributed by atoms with Crippen molar-refractivity contribution in [3.8, 4) is 22.6 Å². The summed E-state index contributed by atoms with van der Waals surface area (Å²) in [6.45, 7) is 2.77. The molecule has 0 bridgehead atoms. The third-order valence-corrected chi connectivity index (χ3v) is 4.86. The number of nitrogens with one attached hydrogen (secondary N) is 2. The van der Waals surface area contributed by atoms with Crippen LogP contribution in [0.15, 0.2) is 61.2 Å². The Bertz CT molecular complexity index is 1260. The molecule has 0 saturated carbocycles. The van der Waals surface area contributed by atoms with Crippen molar-refractivity contribution in [2.75, 3.05) is 11.9 Å². The number of amides is 2. The molecule has 0 saturated heterocycles. The number of carbonyl (C=O) groups is 1. The molecule has 3 heterocycles. The Morgan fingerprint density at radius 1 is 1.09 bits per heavy atom. The van der Waals surface area contributed by atoms with E-state index < -0.39 is 18.8 Å². The van der Waals surface area contributed by atoms with E-state index in [1.807, 2.05) is 35.0 Å². The Labute approximate surface area is 181 Å². The number of rotatable bonds is 5. The number of benzene rings is 1. The smallest absolute Gasteiger partial charge is 0.329 e. The number of nitrogens with zero attached hydrogens (tertiary/aromatic N) is 4. The molecule has 166 valence electrons. The number of hydrogen-bond donors (Lipinski definition) is 2. The lowest BCUT2D eigenvalue weighted by Gasteiger charge is -2.12. The Hall–Kier alpha value is -3.82. The van der Waals surface area contributed by atoms with E-state index in [0.717, 1.165) is 28.3 Å². The van der Waals surface area contributed by atoms with Crippen LogP contribution in [-0.2, 0) is 0 Å². The second kappa shape index (κ2) is 8.37. The third kappa shape index (κ3) is 4.58. The van der Waals surface area contributed by atoms with Crippen molar-refractivity contribution in [3.05, 3.63) is 61.2 Å². The van der Waals surface area contributed by atoms with Crippen LogP contribution in [0.4, 0.5) is 23.7 Å². The first-order valence-electron chi connectivity index (χ1n) is 9.93. The maximum absolute atomic E-state index is 12.3. The summed E-state index contributed by atoms with van der Waals surface area (Å²) >= 11 is 0. The highest BCUT2D eigenvalue weighted by atomic mass is 19.4. The van der Waals surface area contributed by atoms with Crippen LogP contribution >= 0.6 is 0 Å². The van der Waals surface area contributed by atoms with E-state index in [1.165, 1.54) is 0 Å². The van der Waals surface area contributed by atoms with E-state index in [4.69, 9.17) is 0 Å². The molecule has 7 nitrogen and oxygen atoms in total. The largest absolute Gasteiger partial charge is 0.405 e. The lowest BCUT2D eigenvalue weighted by Crippen LogP contribution is -2.36. The first-order chi connectivity index (χ1) is 15.2. The zero-order valence-corrected chi connectivity index (χ0v) is 17.4. The molecule has 32 heavy (non-hydrogen) atoms. The van der Waals surface area contributed by atoms with Crippen molar-refractivity contribution in [3.63, 3.8) is 0 Å². The molecule has 4 rings (SSSR count). The second-order valence-electron chi connectivity index (χ2n) is 7.54. The lowest BCUT2D eigenvalue weighted by atomic mass is 10.1. The number of pyridine rings is 1. The quantitative estimate of drug-likeness (QED) is 0.450. The van der Waals surface area contributed by atoms with Gasteiger partial charge in [-0.25, -0.2) is 14.8 Å². The molecule has 0 fully saturated rings. The molecule has 2 N–H and O–H groups in total. The van der Waals surface area contributed by atoms with Crippen molar-refractivity contribution in [1.29, 1.82) is 0 Å². The molecule has 2 amide bonds. The van der Waals surface area contributed by atoms with Crippen LogP contribution in [0.3, 0.4) is 0 Å². The van der Waals surface area contributed by atoms with Crippen LogP contribution in [0.5, 0.6) is 0 Å². The van der Waals surface area contributed by atoms with Gasteiger partial charge in [0.15, 0.2) is 0 Å². The first kappa shape index (κ1) is 21.4. The second-order valence-corrected chi connectivity index (χ2v) is 7.54. The molecule has 4 aromatic rings. The molecule has 3 aromatic heterocycles. The number of alkyl halides is 3. The number of carbonyl (C=O) groups excluding carboxylic acids is 1. The average Bonchev–Trinajstić information content (AvgIpc) is 3.39. The van der Waals surface area contributed by atoms with Gasteiger partial charge in [-0.2, -0.15) is 13.2 Å². The fraction of sp³-hybridized carbons (Fsp3) is 0.227. The number of urea groups is 1. The molecule has 0 unspecified atom stereocenters. The number of aromatic nitrogens is 4. The number of hydrogen-bond acceptors (Lipinski definition) is 3. The molecule has 1 aromatic carbocycles. The standard InChI is InChI=1S/C22H21F3N6O/c1-14(2)30-9-7-26-20(30)16-6-8-31-18(12-27-19(31)11-16)15-4-3-5-17(10-15)29-21(32)28-13-22(23,24)25/h3-12,14H,13H2,1-2H3,(H2,28,29,32). The summed E-state index contributed by atoms with van der Waals surface area (Å²) in [5.41, 5.74) is 3.55. The molecule has 0 aliphatic heterocycles. The highest BCUT2D eigenvalue weighted by Crippen LogP contribution is 2.27. The minimum Gasteiger partial charge on any atom is -0.329 e. The van der Waals surface area contributed by atoms with E-state index in [2.05, 4.69) is 33.7 Å². The van der Waals surface area contributed by atoms with Crippen LogP contribution < -0.4 is 10.6 Å². The van der Waals surface area contributed by atoms with Crippen molar-refractivity contribution >= 4 is 17.4 Å². The van der Waals surface area contributed by atoms with Gasteiger partial charge < -0.3 is 15.2 Å². The van der Waals surface area contributed by atoms with E-state index in [-0.39, 0.29) is 6.04 Å². The molecular weight excluding hydrogens is 421 g/mol. The minimum absolute atomic E-state index is 0.266. The molecule has 0 spiro atoms. The highest BCUT2D eigenvalue weighted by molar-refractivity contribution is 5.90. The van der Waals surface area contributed by atoms with Gasteiger partial charge in [-0.3, -0.25) is 4.40 Å². The van der Waals surface area contributed by atoms with Gasteiger partial charge in [0, 0.05) is 41.4 Å². The van der Waals surface area contributed by atoms with Crippen molar-refractivity contribution in [1.82, 2.24) is 24.3 Å². The summed E-state index contributed by atoms with van der Waals surface area (Å²) in [5.74, 6) is 0.850. The zero-order valence-electron chi connectivity index (χ0n) is 17.4. The van der Waals surface area contributed by atoms with Gasteiger partial charge in [-0.05, 0) is 38.1 Å². The van der Waals surface area contributed by atoms with Crippen LogP contribution in [0.1, 0.15) is 19.9 Å². The monoisotopic (exact) mass is 442 g/mol. The van der Waals surface area contributed by atoms with Gasteiger partial charge >= 0.3 is 12.2 Å². The first-order valence-corrected chi connectivity index (χ1v) is 9.93. The molecule has 0 radical (unpaired) electrons. The van der Waals surface area contributed by atoms with Gasteiger partial charge in [0.25, 0.3) is 0 Å². The highest BCUT2D eigenvalue weighted by Gasteiger charge is 2.27. The molecule has 0 aliphatic carbocycles. The molecular formula is C22H21F3N6O. The summed E-state index contributed by atoms with van der Waals surface area (Å²) in [6.07, 6.45) is 2.82. The number of anilines is 1. The lowest BCUT2D eigenvalue weighted by molar-refractivity contribution is -0.122. The minimum atomic E-state index is -4.47. The summed E-state index contributed by atoms with van der Waals surface area (Å²) in [6, 6.07) is 10.1.